The van der Waals surface area contributed by atoms with E-state index < -0.39 is 0 Å². The van der Waals surface area contributed by atoms with Gasteiger partial charge in [-0.05, 0) is 50.3 Å². The van der Waals surface area contributed by atoms with Gasteiger partial charge in [-0.15, -0.1) is 0 Å². The van der Waals surface area contributed by atoms with Crippen molar-refractivity contribution in [1.29, 1.82) is 0 Å². The number of aliphatic imine (C=N–C) groups is 1. The SMILES string of the molecule is O=C(CCCOc1ccc2c(c1)CN1C(=N2)NC(=O)C12CC2)N1CCCC1. The summed E-state index contributed by atoms with van der Waals surface area (Å²) in [7, 11) is 0. The fourth-order valence-corrected chi connectivity index (χ4v) is 4.25. The summed E-state index contributed by atoms with van der Waals surface area (Å²) in [6.45, 7) is 3.02. The predicted octanol–water partition coefficient (Wildman–Crippen LogP) is 1.93. The van der Waals surface area contributed by atoms with Crippen LogP contribution in [0, 0.1) is 0 Å². The van der Waals surface area contributed by atoms with E-state index in [2.05, 4.69) is 15.2 Å². The van der Waals surface area contributed by atoms with Crippen molar-refractivity contribution in [3.05, 3.63) is 23.8 Å². The van der Waals surface area contributed by atoms with E-state index in [9.17, 15) is 9.59 Å². The summed E-state index contributed by atoms with van der Waals surface area (Å²) in [6, 6.07) is 5.86. The lowest BCUT2D eigenvalue weighted by atomic mass is 10.1. The maximum atomic E-state index is 12.2. The van der Waals surface area contributed by atoms with Crippen LogP contribution < -0.4 is 10.1 Å². The molecule has 1 aliphatic carbocycles. The Bertz CT molecular complexity index is 825. The minimum absolute atomic E-state index is 0.0770. The van der Waals surface area contributed by atoms with Gasteiger partial charge in [0.1, 0.15) is 11.3 Å². The summed E-state index contributed by atoms with van der Waals surface area (Å²) >= 11 is 0. The van der Waals surface area contributed by atoms with Crippen molar-refractivity contribution in [3.8, 4) is 5.75 Å². The molecule has 1 aromatic rings. The first-order valence-corrected chi connectivity index (χ1v) is 9.87. The van der Waals surface area contributed by atoms with Crippen LogP contribution in [-0.4, -0.2) is 52.8 Å². The van der Waals surface area contributed by atoms with Crippen LogP contribution >= 0.6 is 0 Å². The van der Waals surface area contributed by atoms with Gasteiger partial charge in [0.15, 0.2) is 0 Å². The van der Waals surface area contributed by atoms with Gasteiger partial charge >= 0.3 is 0 Å². The highest BCUT2D eigenvalue weighted by atomic mass is 16.5. The monoisotopic (exact) mass is 368 g/mol. The summed E-state index contributed by atoms with van der Waals surface area (Å²) in [5, 5.41) is 2.91. The Labute approximate surface area is 158 Å². The first-order valence-electron chi connectivity index (χ1n) is 9.87. The number of benzene rings is 1. The molecule has 7 nitrogen and oxygen atoms in total. The van der Waals surface area contributed by atoms with Crippen LogP contribution in [-0.2, 0) is 16.1 Å². The first kappa shape index (κ1) is 16.6. The zero-order valence-electron chi connectivity index (χ0n) is 15.4. The van der Waals surface area contributed by atoms with E-state index in [0.717, 1.165) is 62.2 Å². The molecule has 2 amide bonds. The molecule has 0 aromatic heterocycles. The summed E-state index contributed by atoms with van der Waals surface area (Å²) in [5.41, 5.74) is 1.60. The van der Waals surface area contributed by atoms with Crippen molar-refractivity contribution in [2.75, 3.05) is 19.7 Å². The van der Waals surface area contributed by atoms with Crippen LogP contribution in [0.2, 0.25) is 0 Å². The topological polar surface area (TPSA) is 74.2 Å². The molecule has 0 unspecified atom stereocenters. The molecule has 3 aliphatic heterocycles. The summed E-state index contributed by atoms with van der Waals surface area (Å²) in [5.74, 6) is 1.79. The highest BCUT2D eigenvalue weighted by molar-refractivity contribution is 6.11. The quantitative estimate of drug-likeness (QED) is 0.806. The van der Waals surface area contributed by atoms with Crippen LogP contribution in [0.15, 0.2) is 23.2 Å². The number of nitrogens with one attached hydrogen (secondary N) is 1. The maximum Gasteiger partial charge on any atom is 0.252 e. The Hall–Kier alpha value is -2.57. The molecule has 0 bridgehead atoms. The Morgan fingerprint density at radius 2 is 2.07 bits per heavy atom. The highest BCUT2D eigenvalue weighted by Crippen LogP contribution is 2.48. The summed E-state index contributed by atoms with van der Waals surface area (Å²) < 4.78 is 5.86. The lowest BCUT2D eigenvalue weighted by molar-refractivity contribution is -0.130. The van der Waals surface area contributed by atoms with Crippen molar-refractivity contribution in [2.45, 2.75) is 50.6 Å². The number of guanidine groups is 1. The van der Waals surface area contributed by atoms with Gasteiger partial charge in [0.25, 0.3) is 5.91 Å². The van der Waals surface area contributed by atoms with Crippen LogP contribution in [0.25, 0.3) is 0 Å². The number of nitrogens with zero attached hydrogens (tertiary/aromatic N) is 3. The van der Waals surface area contributed by atoms with Gasteiger partial charge in [0.2, 0.25) is 11.9 Å². The zero-order chi connectivity index (χ0) is 18.4. The van der Waals surface area contributed by atoms with Gasteiger partial charge in [-0.3, -0.25) is 14.9 Å². The molecule has 4 aliphatic rings. The normalized spacial score (nSPS) is 21.6. The molecule has 142 valence electrons. The van der Waals surface area contributed by atoms with Crippen LogP contribution in [0.5, 0.6) is 5.75 Å². The van der Waals surface area contributed by atoms with Crippen LogP contribution in [0.3, 0.4) is 0 Å². The predicted molar refractivity (Wildman–Crippen MR) is 99.7 cm³/mol. The zero-order valence-corrected chi connectivity index (χ0v) is 15.4. The van der Waals surface area contributed by atoms with Crippen molar-refractivity contribution in [2.24, 2.45) is 4.99 Å². The van der Waals surface area contributed by atoms with E-state index in [-0.39, 0.29) is 17.4 Å². The van der Waals surface area contributed by atoms with Gasteiger partial charge in [0, 0.05) is 31.6 Å². The van der Waals surface area contributed by atoms with Gasteiger partial charge in [-0.2, -0.15) is 0 Å². The van der Waals surface area contributed by atoms with Gasteiger partial charge < -0.3 is 14.5 Å². The Morgan fingerprint density at radius 3 is 2.85 bits per heavy atom. The minimum atomic E-state index is -0.358. The molecule has 3 heterocycles. The van der Waals surface area contributed by atoms with Crippen molar-refractivity contribution in [1.82, 2.24) is 15.1 Å². The lowest BCUT2D eigenvalue weighted by Gasteiger charge is -2.28. The summed E-state index contributed by atoms with van der Waals surface area (Å²) in [6.07, 6.45) is 5.32. The molecular formula is C20H24N4O3. The van der Waals surface area contributed by atoms with E-state index in [1.165, 1.54) is 0 Å². The molecule has 1 aromatic carbocycles. The largest absolute Gasteiger partial charge is 0.494 e. The maximum absolute atomic E-state index is 12.2. The first-order chi connectivity index (χ1) is 13.2. The van der Waals surface area contributed by atoms with Crippen LogP contribution in [0.4, 0.5) is 5.69 Å². The average Bonchev–Trinajstić information content (AvgIpc) is 3.20. The minimum Gasteiger partial charge on any atom is -0.494 e. The summed E-state index contributed by atoms with van der Waals surface area (Å²) in [4.78, 5) is 32.9. The molecule has 1 N–H and O–H groups in total. The Balaban J connectivity index is 1.18. The van der Waals surface area contributed by atoms with Gasteiger partial charge in [0.05, 0.1) is 12.3 Å². The second-order valence-corrected chi connectivity index (χ2v) is 7.84. The van der Waals surface area contributed by atoms with Gasteiger partial charge in [-0.25, -0.2) is 4.99 Å². The number of hydrogen-bond acceptors (Lipinski definition) is 5. The van der Waals surface area contributed by atoms with Crippen molar-refractivity contribution >= 4 is 23.5 Å². The fraction of sp³-hybridized carbons (Fsp3) is 0.550. The Kier molecular flexibility index (Phi) is 3.84. The number of fused-ring (bicyclic) bond motifs is 3. The van der Waals surface area contributed by atoms with Crippen LogP contribution in [0.1, 0.15) is 44.1 Å². The standard InChI is InChI=1S/C20H24N4O3/c25-17(23-9-1-2-10-23)4-3-11-27-15-5-6-16-14(12-15)13-24-19(21-16)22-18(26)20(24)7-8-20/h5-6,12H,1-4,7-11,13H2,(H,21,22,26). The molecule has 7 heteroatoms. The molecule has 5 rings (SSSR count). The molecule has 1 saturated carbocycles. The molecular weight excluding hydrogens is 344 g/mol. The molecule has 3 fully saturated rings. The van der Waals surface area contributed by atoms with Crippen molar-refractivity contribution < 1.29 is 14.3 Å². The second-order valence-electron chi connectivity index (χ2n) is 7.84. The number of ether oxygens (including phenoxy) is 1. The number of hydrogen-bond donors (Lipinski definition) is 1. The molecule has 0 radical (unpaired) electrons. The number of amides is 2. The van der Waals surface area contributed by atoms with E-state index in [1.54, 1.807) is 0 Å². The van der Waals surface area contributed by atoms with E-state index in [0.29, 0.717) is 25.5 Å². The molecule has 0 atom stereocenters. The van der Waals surface area contributed by atoms with E-state index >= 15 is 0 Å². The molecule has 1 spiro atoms. The lowest BCUT2D eigenvalue weighted by Crippen LogP contribution is -2.38. The third-order valence-electron chi connectivity index (χ3n) is 6.01. The number of carbonyl (C=O) groups is 2. The van der Waals surface area contributed by atoms with Gasteiger partial charge in [-0.1, -0.05) is 0 Å². The number of likely N-dealkylation sites (tertiary alicyclic amines) is 1. The van der Waals surface area contributed by atoms with E-state index in [1.807, 2.05) is 23.1 Å². The molecule has 27 heavy (non-hydrogen) atoms. The van der Waals surface area contributed by atoms with E-state index in [4.69, 9.17) is 4.74 Å². The fourth-order valence-electron chi connectivity index (χ4n) is 4.25. The van der Waals surface area contributed by atoms with Crippen molar-refractivity contribution in [3.63, 3.8) is 0 Å². The average molecular weight is 368 g/mol. The third-order valence-corrected chi connectivity index (χ3v) is 6.01. The number of rotatable bonds is 5. The highest BCUT2D eigenvalue weighted by Gasteiger charge is 2.61. The Morgan fingerprint density at radius 1 is 1.26 bits per heavy atom. The molecule has 2 saturated heterocycles. The third kappa shape index (κ3) is 2.85. The second kappa shape index (κ2) is 6.25. The number of carbonyl (C=O) groups excluding carboxylic acids is 2. The smallest absolute Gasteiger partial charge is 0.252 e.